The molecule has 0 atom stereocenters. The third-order valence-electron chi connectivity index (χ3n) is 2.71. The summed E-state index contributed by atoms with van der Waals surface area (Å²) in [6, 6.07) is 4.11. The van der Waals surface area contributed by atoms with E-state index in [1.165, 1.54) is 25.3 Å². The van der Waals surface area contributed by atoms with Gasteiger partial charge in [-0.25, -0.2) is 4.98 Å². The number of aromatic nitrogens is 2. The number of rotatable bonds is 5. The highest BCUT2D eigenvalue weighted by atomic mass is 16.6. The lowest BCUT2D eigenvalue weighted by molar-refractivity contribution is -0.384. The van der Waals surface area contributed by atoms with Crippen LogP contribution in [0, 0.1) is 17.0 Å². The number of nitro benzene ring substituents is 1. The van der Waals surface area contributed by atoms with Crippen molar-refractivity contribution in [2.24, 2.45) is 0 Å². The molecule has 0 amide bonds. The molecule has 1 N–H and O–H groups in total. The van der Waals surface area contributed by atoms with Gasteiger partial charge in [-0.1, -0.05) is 0 Å². The van der Waals surface area contributed by atoms with E-state index in [0.717, 1.165) is 0 Å². The standard InChI is InChI=1S/C13H14N4O4/c1-8-7-15-13(14-2)16-12(8)21-11-6-9(17(18)19)4-5-10(11)20-3/h4-7H,1-3H3,(H,14,15,16). The molecule has 0 aliphatic heterocycles. The predicted octanol–water partition coefficient (Wildman–Crippen LogP) is 2.54. The molecule has 1 aromatic carbocycles. The number of hydrogen-bond acceptors (Lipinski definition) is 7. The molecular formula is C13H14N4O4. The summed E-state index contributed by atoms with van der Waals surface area (Å²) in [5, 5.41) is 13.6. The van der Waals surface area contributed by atoms with Crippen molar-refractivity contribution in [1.29, 1.82) is 0 Å². The number of nitro groups is 1. The van der Waals surface area contributed by atoms with Crippen LogP contribution in [0.25, 0.3) is 0 Å². The van der Waals surface area contributed by atoms with Crippen molar-refractivity contribution >= 4 is 11.6 Å². The molecule has 110 valence electrons. The van der Waals surface area contributed by atoms with Crippen molar-refractivity contribution in [3.8, 4) is 17.4 Å². The van der Waals surface area contributed by atoms with Crippen LogP contribution in [-0.2, 0) is 0 Å². The molecule has 8 nitrogen and oxygen atoms in total. The average molecular weight is 290 g/mol. The molecule has 0 spiro atoms. The Kier molecular flexibility index (Phi) is 4.17. The van der Waals surface area contributed by atoms with Crippen molar-refractivity contribution in [2.75, 3.05) is 19.5 Å². The fourth-order valence-corrected chi connectivity index (χ4v) is 1.61. The Morgan fingerprint density at radius 3 is 2.71 bits per heavy atom. The molecular weight excluding hydrogens is 276 g/mol. The zero-order valence-electron chi connectivity index (χ0n) is 11.8. The number of benzene rings is 1. The lowest BCUT2D eigenvalue weighted by atomic mass is 10.3. The van der Waals surface area contributed by atoms with Gasteiger partial charge in [-0.15, -0.1) is 0 Å². The normalized spacial score (nSPS) is 10.0. The molecule has 0 saturated heterocycles. The first-order valence-corrected chi connectivity index (χ1v) is 6.07. The molecule has 0 aliphatic rings. The quantitative estimate of drug-likeness (QED) is 0.667. The van der Waals surface area contributed by atoms with E-state index < -0.39 is 4.92 Å². The highest BCUT2D eigenvalue weighted by molar-refractivity contribution is 5.50. The van der Waals surface area contributed by atoms with Crippen molar-refractivity contribution in [2.45, 2.75) is 6.92 Å². The maximum atomic E-state index is 10.8. The molecule has 2 aromatic rings. The number of nitrogens with one attached hydrogen (secondary N) is 1. The zero-order valence-corrected chi connectivity index (χ0v) is 11.8. The van der Waals surface area contributed by atoms with Gasteiger partial charge in [0.2, 0.25) is 11.8 Å². The molecule has 21 heavy (non-hydrogen) atoms. The number of nitrogens with zero attached hydrogens (tertiary/aromatic N) is 3. The van der Waals surface area contributed by atoms with Crippen LogP contribution in [0.15, 0.2) is 24.4 Å². The minimum Gasteiger partial charge on any atom is -0.493 e. The van der Waals surface area contributed by atoms with Crippen LogP contribution in [0.3, 0.4) is 0 Å². The summed E-state index contributed by atoms with van der Waals surface area (Å²) in [5.74, 6) is 1.29. The monoisotopic (exact) mass is 290 g/mol. The van der Waals surface area contributed by atoms with Crippen molar-refractivity contribution in [3.05, 3.63) is 40.1 Å². The molecule has 1 aromatic heterocycles. The first-order chi connectivity index (χ1) is 10.0. The van der Waals surface area contributed by atoms with E-state index in [2.05, 4.69) is 15.3 Å². The van der Waals surface area contributed by atoms with Gasteiger partial charge >= 0.3 is 0 Å². The van der Waals surface area contributed by atoms with E-state index in [-0.39, 0.29) is 11.4 Å². The largest absolute Gasteiger partial charge is 0.493 e. The first kappa shape index (κ1) is 14.5. The third kappa shape index (κ3) is 3.16. The summed E-state index contributed by atoms with van der Waals surface area (Å²) >= 11 is 0. The van der Waals surface area contributed by atoms with Crippen molar-refractivity contribution in [1.82, 2.24) is 9.97 Å². The van der Waals surface area contributed by atoms with Crippen LogP contribution >= 0.6 is 0 Å². The van der Waals surface area contributed by atoms with Gasteiger partial charge in [0, 0.05) is 24.9 Å². The van der Waals surface area contributed by atoms with Crippen LogP contribution in [0.5, 0.6) is 17.4 Å². The second-order valence-electron chi connectivity index (χ2n) is 4.13. The highest BCUT2D eigenvalue weighted by Crippen LogP contribution is 2.35. The number of methoxy groups -OCH3 is 1. The Bertz CT molecular complexity index is 675. The maximum Gasteiger partial charge on any atom is 0.273 e. The molecule has 0 fully saturated rings. The van der Waals surface area contributed by atoms with Gasteiger partial charge in [0.05, 0.1) is 18.1 Å². The fraction of sp³-hybridized carbons (Fsp3) is 0.231. The molecule has 1 heterocycles. The second-order valence-corrected chi connectivity index (χ2v) is 4.13. The Balaban J connectivity index is 2.42. The number of hydrogen-bond donors (Lipinski definition) is 1. The predicted molar refractivity (Wildman–Crippen MR) is 76.0 cm³/mol. The van der Waals surface area contributed by atoms with E-state index in [4.69, 9.17) is 9.47 Å². The molecule has 0 radical (unpaired) electrons. The minimum absolute atomic E-state index is 0.0913. The minimum atomic E-state index is -0.502. The van der Waals surface area contributed by atoms with Crippen LogP contribution in [0.1, 0.15) is 5.56 Å². The molecule has 8 heteroatoms. The van der Waals surface area contributed by atoms with Crippen LogP contribution in [0.4, 0.5) is 11.6 Å². The van der Waals surface area contributed by atoms with E-state index in [1.807, 2.05) is 0 Å². The van der Waals surface area contributed by atoms with Gasteiger partial charge in [-0.05, 0) is 13.0 Å². The van der Waals surface area contributed by atoms with E-state index in [9.17, 15) is 10.1 Å². The van der Waals surface area contributed by atoms with Crippen molar-refractivity contribution in [3.63, 3.8) is 0 Å². The summed E-state index contributed by atoms with van der Waals surface area (Å²) in [5.41, 5.74) is 0.605. The van der Waals surface area contributed by atoms with Crippen LogP contribution in [-0.4, -0.2) is 29.0 Å². The summed E-state index contributed by atoms with van der Waals surface area (Å²) < 4.78 is 10.8. The Labute approximate surface area is 120 Å². The number of ether oxygens (including phenoxy) is 2. The molecule has 0 unspecified atom stereocenters. The molecule has 0 saturated carbocycles. The lowest BCUT2D eigenvalue weighted by Crippen LogP contribution is -2.01. The Hall–Kier alpha value is -2.90. The Morgan fingerprint density at radius 1 is 1.33 bits per heavy atom. The van der Waals surface area contributed by atoms with Gasteiger partial charge in [0.25, 0.3) is 5.69 Å². The number of non-ortho nitro benzene ring substituents is 1. The van der Waals surface area contributed by atoms with Crippen LogP contribution in [0.2, 0.25) is 0 Å². The van der Waals surface area contributed by atoms with Gasteiger partial charge in [0.15, 0.2) is 11.5 Å². The van der Waals surface area contributed by atoms with Crippen molar-refractivity contribution < 1.29 is 14.4 Å². The summed E-state index contributed by atoms with van der Waals surface area (Å²) in [4.78, 5) is 18.6. The van der Waals surface area contributed by atoms with Gasteiger partial charge in [-0.2, -0.15) is 4.98 Å². The van der Waals surface area contributed by atoms with Gasteiger partial charge in [0.1, 0.15) is 0 Å². The smallest absolute Gasteiger partial charge is 0.273 e. The number of aryl methyl sites for hydroxylation is 1. The second kappa shape index (κ2) is 6.04. The van der Waals surface area contributed by atoms with Gasteiger partial charge < -0.3 is 14.8 Å². The fourth-order valence-electron chi connectivity index (χ4n) is 1.61. The first-order valence-electron chi connectivity index (χ1n) is 6.07. The van der Waals surface area contributed by atoms with Crippen LogP contribution < -0.4 is 14.8 Å². The summed E-state index contributed by atoms with van der Waals surface area (Å²) in [6.45, 7) is 1.78. The summed E-state index contributed by atoms with van der Waals surface area (Å²) in [6.07, 6.45) is 1.60. The molecule has 0 aliphatic carbocycles. The lowest BCUT2D eigenvalue weighted by Gasteiger charge is -2.11. The van der Waals surface area contributed by atoms with E-state index >= 15 is 0 Å². The average Bonchev–Trinajstić information content (AvgIpc) is 2.49. The topological polar surface area (TPSA) is 99.4 Å². The van der Waals surface area contributed by atoms with E-state index in [0.29, 0.717) is 23.1 Å². The Morgan fingerprint density at radius 2 is 2.10 bits per heavy atom. The molecule has 2 rings (SSSR count). The summed E-state index contributed by atoms with van der Waals surface area (Å²) in [7, 11) is 3.14. The maximum absolute atomic E-state index is 10.8. The van der Waals surface area contributed by atoms with E-state index in [1.54, 1.807) is 20.2 Å². The highest BCUT2D eigenvalue weighted by Gasteiger charge is 2.15. The van der Waals surface area contributed by atoms with Gasteiger partial charge in [-0.3, -0.25) is 10.1 Å². The third-order valence-corrected chi connectivity index (χ3v) is 2.71. The zero-order chi connectivity index (χ0) is 15.4. The number of anilines is 1. The molecule has 0 bridgehead atoms. The SMILES string of the molecule is CNc1ncc(C)c(Oc2cc([N+](=O)[O-])ccc2OC)n1.